The van der Waals surface area contributed by atoms with Crippen molar-refractivity contribution >= 4 is 39.2 Å². The van der Waals surface area contributed by atoms with Crippen LogP contribution in [0, 0.1) is 0 Å². The first-order valence-corrected chi connectivity index (χ1v) is 11.9. The highest BCUT2D eigenvalue weighted by molar-refractivity contribution is 7.98. The van der Waals surface area contributed by atoms with Gasteiger partial charge in [-0.2, -0.15) is 4.31 Å². The Kier molecular flexibility index (Phi) is 6.71. The predicted octanol–water partition coefficient (Wildman–Crippen LogP) is 3.19. The second kappa shape index (κ2) is 9.06. The quantitative estimate of drug-likeness (QED) is 0.555. The molecule has 0 aliphatic carbocycles. The summed E-state index contributed by atoms with van der Waals surface area (Å²) in [5.41, 5.74) is 0.972. The van der Waals surface area contributed by atoms with Crippen LogP contribution in [0.4, 0.5) is 5.69 Å². The van der Waals surface area contributed by atoms with E-state index in [0.29, 0.717) is 24.1 Å². The molecule has 0 bridgehead atoms. The zero-order valence-corrected chi connectivity index (χ0v) is 17.9. The highest BCUT2D eigenvalue weighted by Gasteiger charge is 2.37. The van der Waals surface area contributed by atoms with Crippen molar-refractivity contribution in [2.24, 2.45) is 0 Å². The molecular weight excluding hydrogens is 410 g/mol. The van der Waals surface area contributed by atoms with E-state index in [4.69, 9.17) is 0 Å². The molecule has 1 aliphatic heterocycles. The number of sulfonamides is 1. The topological polar surface area (TPSA) is 96.4 Å². The van der Waals surface area contributed by atoms with Crippen molar-refractivity contribution < 1.29 is 18.0 Å². The summed E-state index contributed by atoms with van der Waals surface area (Å²) in [5, 5.41) is 3.61. The highest BCUT2D eigenvalue weighted by Crippen LogP contribution is 2.27. The Bertz CT molecular complexity index is 989. The third-order valence-corrected chi connectivity index (χ3v) is 7.42. The Balaban J connectivity index is 1.82. The number of rotatable bonds is 6. The molecule has 0 saturated carbocycles. The fraction of sp³-hybridized carbons (Fsp3) is 0.350. The minimum atomic E-state index is -3.86. The minimum Gasteiger partial charge on any atom is -0.323 e. The maximum absolute atomic E-state index is 13.2. The van der Waals surface area contributed by atoms with Crippen molar-refractivity contribution in [2.45, 2.75) is 42.1 Å². The zero-order valence-electron chi connectivity index (χ0n) is 16.3. The maximum Gasteiger partial charge on any atom is 0.243 e. The molecule has 1 atom stereocenters. The number of carbonyl (C=O) groups excluding carboxylic acids is 2. The number of carbonyl (C=O) groups is 2. The normalized spacial score (nSPS) is 17.7. The van der Waals surface area contributed by atoms with Crippen molar-refractivity contribution in [2.75, 3.05) is 18.1 Å². The van der Waals surface area contributed by atoms with Crippen LogP contribution in [0.25, 0.3) is 0 Å². The summed E-state index contributed by atoms with van der Waals surface area (Å²) in [7, 11) is -3.86. The molecule has 0 spiro atoms. The fourth-order valence-corrected chi connectivity index (χ4v) is 5.27. The number of thioether (sulfide) groups is 1. The minimum absolute atomic E-state index is 0.0770. The fourth-order valence-electron chi connectivity index (χ4n) is 3.25. The highest BCUT2D eigenvalue weighted by atomic mass is 32.2. The molecule has 154 valence electrons. The number of aromatic nitrogens is 1. The van der Waals surface area contributed by atoms with Gasteiger partial charge >= 0.3 is 0 Å². The van der Waals surface area contributed by atoms with E-state index in [1.54, 1.807) is 18.3 Å². The largest absolute Gasteiger partial charge is 0.323 e. The SMILES string of the molecule is CSc1ccc(NC(=O)C2CCCCN2S(=O)(=O)c2ccc(C(C)=O)cc2)cn1. The molecule has 1 fully saturated rings. The van der Waals surface area contributed by atoms with Crippen molar-refractivity contribution in [1.82, 2.24) is 9.29 Å². The van der Waals surface area contributed by atoms with Crippen LogP contribution in [0.15, 0.2) is 52.5 Å². The van der Waals surface area contributed by atoms with Crippen LogP contribution in [-0.4, -0.2) is 48.2 Å². The van der Waals surface area contributed by atoms with E-state index in [-0.39, 0.29) is 23.1 Å². The second-order valence-corrected chi connectivity index (χ2v) is 9.50. The van der Waals surface area contributed by atoms with Gasteiger partial charge in [0.1, 0.15) is 6.04 Å². The van der Waals surface area contributed by atoms with Crippen molar-refractivity contribution in [3.05, 3.63) is 48.2 Å². The Morgan fingerprint density at radius 3 is 2.45 bits per heavy atom. The first kappa shape index (κ1) is 21.5. The number of anilines is 1. The third-order valence-electron chi connectivity index (χ3n) is 4.84. The number of benzene rings is 1. The number of hydrogen-bond acceptors (Lipinski definition) is 6. The first-order chi connectivity index (χ1) is 13.8. The molecule has 1 saturated heterocycles. The van der Waals surface area contributed by atoms with E-state index in [2.05, 4.69) is 10.3 Å². The molecule has 1 aromatic carbocycles. The monoisotopic (exact) mass is 433 g/mol. The number of nitrogens with zero attached hydrogens (tertiary/aromatic N) is 2. The Morgan fingerprint density at radius 1 is 1.14 bits per heavy atom. The van der Waals surface area contributed by atoms with Crippen LogP contribution in [0.1, 0.15) is 36.5 Å². The van der Waals surface area contributed by atoms with Gasteiger partial charge in [0.05, 0.1) is 21.8 Å². The molecule has 3 rings (SSSR count). The standard InChI is InChI=1S/C20H23N3O4S2/c1-14(24)15-6-9-17(10-7-15)29(26,27)23-12-4-3-5-18(23)20(25)22-16-8-11-19(28-2)21-13-16/h6-11,13,18H,3-5,12H2,1-2H3,(H,22,25). The van der Waals surface area contributed by atoms with E-state index in [1.165, 1.54) is 47.3 Å². The summed E-state index contributed by atoms with van der Waals surface area (Å²) in [4.78, 5) is 28.6. The summed E-state index contributed by atoms with van der Waals surface area (Å²) in [6.45, 7) is 1.70. The number of amides is 1. The molecule has 1 amide bonds. The molecule has 29 heavy (non-hydrogen) atoms. The lowest BCUT2D eigenvalue weighted by atomic mass is 10.0. The van der Waals surface area contributed by atoms with E-state index >= 15 is 0 Å². The average Bonchev–Trinajstić information content (AvgIpc) is 2.74. The number of ketones is 1. The molecule has 9 heteroatoms. The molecule has 2 heterocycles. The van der Waals surface area contributed by atoms with Gasteiger partial charge in [-0.05, 0) is 50.3 Å². The van der Waals surface area contributed by atoms with Gasteiger partial charge in [-0.15, -0.1) is 11.8 Å². The van der Waals surface area contributed by atoms with Gasteiger partial charge in [0, 0.05) is 12.1 Å². The summed E-state index contributed by atoms with van der Waals surface area (Å²) >= 11 is 1.50. The maximum atomic E-state index is 13.2. The molecule has 7 nitrogen and oxygen atoms in total. The lowest BCUT2D eigenvalue weighted by molar-refractivity contribution is -0.120. The van der Waals surface area contributed by atoms with Gasteiger partial charge in [0.15, 0.2) is 5.78 Å². The first-order valence-electron chi connectivity index (χ1n) is 9.26. The van der Waals surface area contributed by atoms with Crippen LogP contribution in [0.2, 0.25) is 0 Å². The molecule has 1 aromatic heterocycles. The molecule has 1 unspecified atom stereocenters. The summed E-state index contributed by atoms with van der Waals surface area (Å²) < 4.78 is 27.6. The van der Waals surface area contributed by atoms with E-state index in [1.807, 2.05) is 6.26 Å². The summed E-state index contributed by atoms with van der Waals surface area (Å²) in [6.07, 6.45) is 5.39. The molecule has 2 aromatic rings. The zero-order chi connectivity index (χ0) is 21.0. The smallest absolute Gasteiger partial charge is 0.243 e. The van der Waals surface area contributed by atoms with Crippen molar-refractivity contribution in [3.63, 3.8) is 0 Å². The van der Waals surface area contributed by atoms with Gasteiger partial charge in [0.25, 0.3) is 0 Å². The van der Waals surface area contributed by atoms with Gasteiger partial charge < -0.3 is 5.32 Å². The van der Waals surface area contributed by atoms with E-state index in [9.17, 15) is 18.0 Å². The predicted molar refractivity (Wildman–Crippen MR) is 113 cm³/mol. The van der Waals surface area contributed by atoms with E-state index in [0.717, 1.165) is 11.4 Å². The van der Waals surface area contributed by atoms with Crippen LogP contribution >= 0.6 is 11.8 Å². The van der Waals surface area contributed by atoms with E-state index < -0.39 is 16.1 Å². The molecular formula is C20H23N3O4S2. The Morgan fingerprint density at radius 2 is 1.86 bits per heavy atom. The second-order valence-electron chi connectivity index (χ2n) is 6.79. The summed E-state index contributed by atoms with van der Waals surface area (Å²) in [6, 6.07) is 8.58. The van der Waals surface area contributed by atoms with Crippen molar-refractivity contribution in [3.8, 4) is 0 Å². The average molecular weight is 434 g/mol. The lowest BCUT2D eigenvalue weighted by Gasteiger charge is -2.33. The Labute approximate surface area is 175 Å². The number of nitrogens with one attached hydrogen (secondary N) is 1. The van der Waals surface area contributed by atoms with Gasteiger partial charge in [0.2, 0.25) is 15.9 Å². The lowest BCUT2D eigenvalue weighted by Crippen LogP contribution is -2.49. The van der Waals surface area contributed by atoms with Gasteiger partial charge in [-0.1, -0.05) is 18.6 Å². The van der Waals surface area contributed by atoms with Crippen LogP contribution < -0.4 is 5.32 Å². The number of hydrogen-bond donors (Lipinski definition) is 1. The Hall–Kier alpha value is -2.23. The number of piperidine rings is 1. The molecule has 1 N–H and O–H groups in total. The van der Waals surface area contributed by atoms with Crippen LogP contribution in [0.3, 0.4) is 0 Å². The number of pyridine rings is 1. The van der Waals surface area contributed by atoms with Gasteiger partial charge in [-0.3, -0.25) is 9.59 Å². The summed E-state index contributed by atoms with van der Waals surface area (Å²) in [5.74, 6) is -0.502. The van der Waals surface area contributed by atoms with Crippen molar-refractivity contribution in [1.29, 1.82) is 0 Å². The molecule has 0 radical (unpaired) electrons. The number of Topliss-reactive ketones (excluding diaryl/α,β-unsaturated/α-hetero) is 1. The van der Waals surface area contributed by atoms with Gasteiger partial charge in [-0.25, -0.2) is 13.4 Å². The van der Waals surface area contributed by atoms with Crippen LogP contribution in [-0.2, 0) is 14.8 Å². The molecule has 1 aliphatic rings. The third kappa shape index (κ3) is 4.85. The van der Waals surface area contributed by atoms with Crippen LogP contribution in [0.5, 0.6) is 0 Å².